The van der Waals surface area contributed by atoms with Gasteiger partial charge < -0.3 is 20.4 Å². The fourth-order valence-corrected chi connectivity index (χ4v) is 2.39. The Morgan fingerprint density at radius 1 is 0.846 bits per heavy atom. The monoisotopic (exact) mass is 373 g/mol. The summed E-state index contributed by atoms with van der Waals surface area (Å²) in [4.78, 5) is 11.9. The molecular weight excluding hydrogens is 360 g/mol. The van der Waals surface area contributed by atoms with Gasteiger partial charge in [0.2, 0.25) is 0 Å². The van der Waals surface area contributed by atoms with E-state index in [1.807, 2.05) is 0 Å². The standard InChI is InChI=1S/C18H13F2N3O2S/c19-11-8-12(20)10-15(9-11)23-18(26)22-14-5-3-13(4-6-14)21-17(24)16-2-1-7-25-16/h1-10H,(H,21,24)(H2,22,23,26). The van der Waals surface area contributed by atoms with Gasteiger partial charge in [-0.1, -0.05) is 0 Å². The van der Waals surface area contributed by atoms with E-state index in [0.717, 1.165) is 18.2 Å². The van der Waals surface area contributed by atoms with Crippen LogP contribution in [0.4, 0.5) is 25.8 Å². The fraction of sp³-hybridized carbons (Fsp3) is 0. The van der Waals surface area contributed by atoms with Crippen LogP contribution in [-0.4, -0.2) is 11.0 Å². The quantitative estimate of drug-likeness (QED) is 0.583. The largest absolute Gasteiger partial charge is 0.459 e. The Morgan fingerprint density at radius 2 is 1.42 bits per heavy atom. The van der Waals surface area contributed by atoms with Crippen LogP contribution in [0.25, 0.3) is 0 Å². The second-order valence-corrected chi connectivity index (χ2v) is 5.65. The van der Waals surface area contributed by atoms with Crippen LogP contribution < -0.4 is 16.0 Å². The maximum absolute atomic E-state index is 13.2. The van der Waals surface area contributed by atoms with Gasteiger partial charge in [0.25, 0.3) is 5.91 Å². The Balaban J connectivity index is 1.58. The van der Waals surface area contributed by atoms with Crippen molar-refractivity contribution in [3.05, 3.63) is 78.3 Å². The van der Waals surface area contributed by atoms with Crippen LogP contribution in [0, 0.1) is 11.6 Å². The molecule has 0 saturated carbocycles. The van der Waals surface area contributed by atoms with E-state index < -0.39 is 11.6 Å². The van der Waals surface area contributed by atoms with E-state index in [9.17, 15) is 13.6 Å². The molecule has 8 heteroatoms. The molecular formula is C18H13F2N3O2S. The van der Waals surface area contributed by atoms with Crippen molar-refractivity contribution in [3.8, 4) is 0 Å². The summed E-state index contributed by atoms with van der Waals surface area (Å²) in [6.07, 6.45) is 1.42. The number of carbonyl (C=O) groups excluding carboxylic acids is 1. The van der Waals surface area contributed by atoms with Crippen LogP contribution >= 0.6 is 12.2 Å². The molecule has 0 atom stereocenters. The van der Waals surface area contributed by atoms with Crippen molar-refractivity contribution in [2.24, 2.45) is 0 Å². The molecule has 0 aliphatic heterocycles. The van der Waals surface area contributed by atoms with Crippen LogP contribution in [0.5, 0.6) is 0 Å². The van der Waals surface area contributed by atoms with Crippen molar-refractivity contribution >= 4 is 40.3 Å². The number of thiocarbonyl (C=S) groups is 1. The number of benzene rings is 2. The molecule has 3 N–H and O–H groups in total. The summed E-state index contributed by atoms with van der Waals surface area (Å²) >= 11 is 5.11. The number of carbonyl (C=O) groups is 1. The average Bonchev–Trinajstić information content (AvgIpc) is 3.10. The lowest BCUT2D eigenvalue weighted by atomic mass is 10.2. The molecule has 1 amide bonds. The van der Waals surface area contributed by atoms with E-state index in [0.29, 0.717) is 11.4 Å². The summed E-state index contributed by atoms with van der Waals surface area (Å²) in [7, 11) is 0. The Labute approximate surface area is 153 Å². The predicted octanol–water partition coefficient (Wildman–Crippen LogP) is 4.62. The first kappa shape index (κ1) is 17.6. The van der Waals surface area contributed by atoms with Crippen molar-refractivity contribution in [1.29, 1.82) is 0 Å². The van der Waals surface area contributed by atoms with Gasteiger partial charge in [-0.3, -0.25) is 4.79 Å². The molecule has 2 aromatic carbocycles. The highest BCUT2D eigenvalue weighted by atomic mass is 32.1. The summed E-state index contributed by atoms with van der Waals surface area (Å²) in [5, 5.41) is 8.43. The molecule has 26 heavy (non-hydrogen) atoms. The molecule has 1 heterocycles. The highest BCUT2D eigenvalue weighted by Gasteiger charge is 2.08. The molecule has 0 saturated heterocycles. The van der Waals surface area contributed by atoms with Crippen molar-refractivity contribution < 1.29 is 18.0 Å². The lowest BCUT2D eigenvalue weighted by Crippen LogP contribution is -2.19. The molecule has 0 unspecified atom stereocenters. The molecule has 0 spiro atoms. The summed E-state index contributed by atoms with van der Waals surface area (Å²) in [5.74, 6) is -1.56. The number of anilines is 3. The first-order chi connectivity index (χ1) is 12.5. The third kappa shape index (κ3) is 4.64. The fourth-order valence-electron chi connectivity index (χ4n) is 2.16. The minimum absolute atomic E-state index is 0.169. The highest BCUT2D eigenvalue weighted by molar-refractivity contribution is 7.80. The predicted molar refractivity (Wildman–Crippen MR) is 99.3 cm³/mol. The van der Waals surface area contributed by atoms with Gasteiger partial charge in [0.15, 0.2) is 10.9 Å². The topological polar surface area (TPSA) is 66.3 Å². The van der Waals surface area contributed by atoms with E-state index in [1.165, 1.54) is 6.26 Å². The van der Waals surface area contributed by atoms with Gasteiger partial charge in [0.05, 0.1) is 6.26 Å². The number of halogens is 2. The zero-order valence-electron chi connectivity index (χ0n) is 13.3. The molecule has 3 rings (SSSR count). The zero-order valence-corrected chi connectivity index (χ0v) is 14.1. The molecule has 0 aliphatic carbocycles. The van der Waals surface area contributed by atoms with Crippen molar-refractivity contribution in [1.82, 2.24) is 0 Å². The number of hydrogen-bond donors (Lipinski definition) is 3. The minimum atomic E-state index is -0.702. The molecule has 3 aromatic rings. The van der Waals surface area contributed by atoms with Crippen molar-refractivity contribution in [2.75, 3.05) is 16.0 Å². The van der Waals surface area contributed by atoms with E-state index in [2.05, 4.69) is 16.0 Å². The molecule has 0 radical (unpaired) electrons. The van der Waals surface area contributed by atoms with Gasteiger partial charge in [-0.2, -0.15) is 0 Å². The first-order valence-corrected chi connectivity index (χ1v) is 7.89. The highest BCUT2D eigenvalue weighted by Crippen LogP contribution is 2.17. The van der Waals surface area contributed by atoms with Gasteiger partial charge in [-0.15, -0.1) is 0 Å². The molecule has 0 aliphatic rings. The smallest absolute Gasteiger partial charge is 0.291 e. The molecule has 0 fully saturated rings. The molecule has 1 aromatic heterocycles. The van der Waals surface area contributed by atoms with Crippen LogP contribution in [0.15, 0.2) is 65.3 Å². The minimum Gasteiger partial charge on any atom is -0.459 e. The Hall–Kier alpha value is -3.26. The maximum atomic E-state index is 13.2. The summed E-state index contributed by atoms with van der Waals surface area (Å²) < 4.78 is 31.4. The maximum Gasteiger partial charge on any atom is 0.291 e. The van der Waals surface area contributed by atoms with Crippen LogP contribution in [0.2, 0.25) is 0 Å². The van der Waals surface area contributed by atoms with Gasteiger partial charge in [0.1, 0.15) is 11.6 Å². The Morgan fingerprint density at radius 3 is 2.00 bits per heavy atom. The van der Waals surface area contributed by atoms with E-state index in [4.69, 9.17) is 16.6 Å². The van der Waals surface area contributed by atoms with Crippen molar-refractivity contribution in [3.63, 3.8) is 0 Å². The van der Waals surface area contributed by atoms with Gasteiger partial charge >= 0.3 is 0 Å². The third-order valence-corrected chi connectivity index (χ3v) is 3.47. The third-order valence-electron chi connectivity index (χ3n) is 3.27. The molecule has 0 bridgehead atoms. The normalized spacial score (nSPS) is 10.2. The van der Waals surface area contributed by atoms with E-state index in [-0.39, 0.29) is 22.5 Å². The zero-order chi connectivity index (χ0) is 18.5. The first-order valence-electron chi connectivity index (χ1n) is 7.48. The van der Waals surface area contributed by atoms with Crippen LogP contribution in [0.1, 0.15) is 10.6 Å². The Kier molecular flexibility index (Phi) is 5.23. The Bertz CT molecular complexity index is 908. The number of furan rings is 1. The van der Waals surface area contributed by atoms with Crippen LogP contribution in [-0.2, 0) is 0 Å². The summed E-state index contributed by atoms with van der Waals surface area (Å²) in [5.41, 5.74) is 1.40. The number of nitrogens with one attached hydrogen (secondary N) is 3. The van der Waals surface area contributed by atoms with Crippen molar-refractivity contribution in [2.45, 2.75) is 0 Å². The summed E-state index contributed by atoms with van der Waals surface area (Å²) in [6, 6.07) is 13.0. The number of hydrogen-bond acceptors (Lipinski definition) is 3. The second-order valence-electron chi connectivity index (χ2n) is 5.25. The van der Waals surface area contributed by atoms with Gasteiger partial charge in [0, 0.05) is 23.1 Å². The SMILES string of the molecule is O=C(Nc1ccc(NC(=S)Nc2cc(F)cc(F)c2)cc1)c1ccco1. The second kappa shape index (κ2) is 7.75. The molecule has 132 valence electrons. The van der Waals surface area contributed by atoms with Crippen LogP contribution in [0.3, 0.4) is 0 Å². The lowest BCUT2D eigenvalue weighted by molar-refractivity contribution is 0.0996. The van der Waals surface area contributed by atoms with Gasteiger partial charge in [-0.25, -0.2) is 8.78 Å². The number of rotatable bonds is 4. The lowest BCUT2D eigenvalue weighted by Gasteiger charge is -2.11. The summed E-state index contributed by atoms with van der Waals surface area (Å²) in [6.45, 7) is 0. The van der Waals surface area contributed by atoms with E-state index >= 15 is 0 Å². The molecule has 5 nitrogen and oxygen atoms in total. The van der Waals surface area contributed by atoms with Gasteiger partial charge in [-0.05, 0) is 60.7 Å². The van der Waals surface area contributed by atoms with E-state index in [1.54, 1.807) is 36.4 Å². The number of amides is 1. The average molecular weight is 373 g/mol.